The van der Waals surface area contributed by atoms with E-state index in [0.717, 1.165) is 5.56 Å². The maximum atomic E-state index is 8.69. The van der Waals surface area contributed by atoms with E-state index < -0.39 is 0 Å². The molecule has 0 aromatic heterocycles. The van der Waals surface area contributed by atoms with Gasteiger partial charge < -0.3 is 14.7 Å². The van der Waals surface area contributed by atoms with E-state index in [4.69, 9.17) is 26.3 Å². The van der Waals surface area contributed by atoms with Crippen LogP contribution in [0.3, 0.4) is 0 Å². The van der Waals surface area contributed by atoms with E-state index in [0.29, 0.717) is 22.1 Å². The van der Waals surface area contributed by atoms with Gasteiger partial charge in [-0.2, -0.15) is 0 Å². The average Bonchev–Trinajstić information content (AvgIpc) is 2.22. The van der Waals surface area contributed by atoms with Crippen molar-refractivity contribution < 1.29 is 14.7 Å². The van der Waals surface area contributed by atoms with Gasteiger partial charge in [0, 0.05) is 5.56 Å². The highest BCUT2D eigenvalue weighted by molar-refractivity contribution is 6.33. The van der Waals surface area contributed by atoms with Crippen LogP contribution in [0.15, 0.2) is 6.07 Å². The second-order valence-electron chi connectivity index (χ2n) is 3.06. The number of methoxy groups -OCH3 is 2. The van der Waals surface area contributed by atoms with Gasteiger partial charge in [0.25, 0.3) is 0 Å². The molecule has 1 rings (SSSR count). The van der Waals surface area contributed by atoms with Gasteiger partial charge in [-0.25, -0.2) is 5.48 Å². The minimum Gasteiger partial charge on any atom is -0.496 e. The summed E-state index contributed by atoms with van der Waals surface area (Å²) in [6.45, 7) is 2.09. The third-order valence-corrected chi connectivity index (χ3v) is 2.55. The van der Waals surface area contributed by atoms with E-state index in [1.807, 2.05) is 13.0 Å². The molecule has 0 atom stereocenters. The summed E-state index contributed by atoms with van der Waals surface area (Å²) in [5.41, 5.74) is 3.61. The van der Waals surface area contributed by atoms with Crippen molar-refractivity contribution >= 4 is 11.6 Å². The minimum absolute atomic E-state index is 0.207. The van der Waals surface area contributed by atoms with Gasteiger partial charge in [0.2, 0.25) is 0 Å². The Hall–Kier alpha value is -0.970. The van der Waals surface area contributed by atoms with Crippen LogP contribution in [-0.4, -0.2) is 19.4 Å². The number of hydrogen-bond donors (Lipinski definition) is 2. The predicted octanol–water partition coefficient (Wildman–Crippen LogP) is 2.14. The number of ether oxygens (including phenoxy) is 2. The lowest BCUT2D eigenvalue weighted by Crippen LogP contribution is -2.09. The molecule has 0 bridgehead atoms. The summed E-state index contributed by atoms with van der Waals surface area (Å²) in [4.78, 5) is 0. The molecule has 0 fully saturated rings. The van der Waals surface area contributed by atoms with Crippen molar-refractivity contribution in [3.8, 4) is 11.5 Å². The van der Waals surface area contributed by atoms with Crippen LogP contribution in [0.5, 0.6) is 11.5 Å². The molecule has 84 valence electrons. The van der Waals surface area contributed by atoms with Crippen LogP contribution in [0.4, 0.5) is 0 Å². The Bertz CT molecular complexity index is 355. The number of benzene rings is 1. The molecule has 1 aromatic carbocycles. The van der Waals surface area contributed by atoms with Crippen molar-refractivity contribution in [1.82, 2.24) is 5.48 Å². The van der Waals surface area contributed by atoms with Gasteiger partial charge >= 0.3 is 0 Å². The van der Waals surface area contributed by atoms with Crippen LogP contribution in [0, 0.1) is 6.92 Å². The summed E-state index contributed by atoms with van der Waals surface area (Å²) in [7, 11) is 3.11. The zero-order valence-electron chi connectivity index (χ0n) is 8.93. The molecule has 0 unspecified atom stereocenters. The molecular weight excluding hydrogens is 218 g/mol. The van der Waals surface area contributed by atoms with E-state index in [2.05, 4.69) is 5.48 Å². The summed E-state index contributed by atoms with van der Waals surface area (Å²) in [5, 5.41) is 9.15. The summed E-state index contributed by atoms with van der Waals surface area (Å²) >= 11 is 6.12. The van der Waals surface area contributed by atoms with E-state index in [1.54, 1.807) is 14.2 Å². The molecule has 0 saturated carbocycles. The lowest BCUT2D eigenvalue weighted by Gasteiger charge is -2.15. The largest absolute Gasteiger partial charge is 0.496 e. The molecular formula is C10H14ClNO3. The van der Waals surface area contributed by atoms with Gasteiger partial charge in [-0.15, -0.1) is 0 Å². The third kappa shape index (κ3) is 2.34. The molecule has 15 heavy (non-hydrogen) atoms. The zero-order chi connectivity index (χ0) is 11.4. The standard InChI is InChI=1S/C10H14ClNO3/c1-6-4-8(14-2)7(5-12-13)9(11)10(6)15-3/h4,12-13H,5H2,1-3H3. The van der Waals surface area contributed by atoms with Crippen molar-refractivity contribution in [2.24, 2.45) is 0 Å². The van der Waals surface area contributed by atoms with E-state index in [9.17, 15) is 0 Å². The van der Waals surface area contributed by atoms with Crippen molar-refractivity contribution in [1.29, 1.82) is 0 Å². The topological polar surface area (TPSA) is 50.7 Å². The fourth-order valence-corrected chi connectivity index (χ4v) is 1.83. The summed E-state index contributed by atoms with van der Waals surface area (Å²) in [6, 6.07) is 1.82. The number of aryl methyl sites for hydroxylation is 1. The Morgan fingerprint density at radius 1 is 1.40 bits per heavy atom. The predicted molar refractivity (Wildman–Crippen MR) is 57.9 cm³/mol. The Balaban J connectivity index is 3.32. The molecule has 5 heteroatoms. The van der Waals surface area contributed by atoms with Crippen molar-refractivity contribution in [2.75, 3.05) is 14.2 Å². The molecule has 0 amide bonds. The minimum atomic E-state index is 0.207. The van der Waals surface area contributed by atoms with Crippen LogP contribution in [0.25, 0.3) is 0 Å². The van der Waals surface area contributed by atoms with Crippen LogP contribution in [0.1, 0.15) is 11.1 Å². The number of hydroxylamine groups is 1. The normalized spacial score (nSPS) is 10.2. The van der Waals surface area contributed by atoms with Gasteiger partial charge in [0.05, 0.1) is 25.8 Å². The molecule has 0 radical (unpaired) electrons. The molecule has 1 aromatic rings. The third-order valence-electron chi connectivity index (χ3n) is 2.15. The van der Waals surface area contributed by atoms with Crippen molar-refractivity contribution in [3.63, 3.8) is 0 Å². The Labute approximate surface area is 93.7 Å². The quantitative estimate of drug-likeness (QED) is 0.780. The fraction of sp³-hybridized carbons (Fsp3) is 0.400. The van der Waals surface area contributed by atoms with Crippen molar-refractivity contribution in [3.05, 3.63) is 22.2 Å². The Kier molecular flexibility index (Phi) is 4.20. The number of hydrogen-bond acceptors (Lipinski definition) is 4. The molecule has 0 spiro atoms. The maximum absolute atomic E-state index is 8.69. The highest BCUT2D eigenvalue weighted by atomic mass is 35.5. The first kappa shape index (κ1) is 12.1. The highest BCUT2D eigenvalue weighted by Crippen LogP contribution is 2.37. The maximum Gasteiger partial charge on any atom is 0.140 e. The van der Waals surface area contributed by atoms with E-state index >= 15 is 0 Å². The second-order valence-corrected chi connectivity index (χ2v) is 3.43. The summed E-state index contributed by atoms with van der Waals surface area (Å²) in [6.07, 6.45) is 0. The zero-order valence-corrected chi connectivity index (χ0v) is 9.68. The van der Waals surface area contributed by atoms with Crippen LogP contribution >= 0.6 is 11.6 Å². The molecule has 4 nitrogen and oxygen atoms in total. The van der Waals surface area contributed by atoms with Gasteiger partial charge in [0.1, 0.15) is 11.5 Å². The monoisotopic (exact) mass is 231 g/mol. The summed E-state index contributed by atoms with van der Waals surface area (Å²) in [5.74, 6) is 1.22. The van der Waals surface area contributed by atoms with Gasteiger partial charge in [-0.3, -0.25) is 0 Å². The van der Waals surface area contributed by atoms with Crippen LogP contribution < -0.4 is 15.0 Å². The van der Waals surface area contributed by atoms with E-state index in [-0.39, 0.29) is 6.54 Å². The Morgan fingerprint density at radius 2 is 2.07 bits per heavy atom. The number of rotatable bonds is 4. The molecule has 2 N–H and O–H groups in total. The second kappa shape index (κ2) is 5.21. The molecule has 0 aliphatic rings. The molecule has 0 heterocycles. The fourth-order valence-electron chi connectivity index (χ4n) is 1.44. The van der Waals surface area contributed by atoms with Gasteiger partial charge in [-0.1, -0.05) is 11.6 Å². The average molecular weight is 232 g/mol. The van der Waals surface area contributed by atoms with Gasteiger partial charge in [0.15, 0.2) is 0 Å². The lowest BCUT2D eigenvalue weighted by molar-refractivity contribution is 0.160. The highest BCUT2D eigenvalue weighted by Gasteiger charge is 2.15. The van der Waals surface area contributed by atoms with E-state index in [1.165, 1.54) is 0 Å². The molecule has 0 saturated heterocycles. The summed E-state index contributed by atoms with van der Waals surface area (Å²) < 4.78 is 10.3. The first-order chi connectivity index (χ1) is 7.15. The van der Waals surface area contributed by atoms with Crippen LogP contribution in [-0.2, 0) is 6.54 Å². The first-order valence-corrected chi connectivity index (χ1v) is 4.80. The number of nitrogens with one attached hydrogen (secondary N) is 1. The molecule has 0 aliphatic carbocycles. The lowest BCUT2D eigenvalue weighted by atomic mass is 10.1. The number of halogens is 1. The SMILES string of the molecule is COc1cc(C)c(OC)c(Cl)c1CNO. The van der Waals surface area contributed by atoms with Gasteiger partial charge in [-0.05, 0) is 18.6 Å². The Morgan fingerprint density at radius 3 is 2.53 bits per heavy atom. The smallest absolute Gasteiger partial charge is 0.140 e. The first-order valence-electron chi connectivity index (χ1n) is 4.42. The molecule has 0 aliphatic heterocycles. The van der Waals surface area contributed by atoms with Crippen LogP contribution in [0.2, 0.25) is 5.02 Å². The van der Waals surface area contributed by atoms with Crippen molar-refractivity contribution in [2.45, 2.75) is 13.5 Å².